The zero-order valence-electron chi connectivity index (χ0n) is 12.5. The smallest absolute Gasteiger partial charge is 0.0924 e. The van der Waals surface area contributed by atoms with E-state index < -0.39 is 0 Å². The van der Waals surface area contributed by atoms with Crippen LogP contribution in [0.15, 0.2) is 5.38 Å². The highest BCUT2D eigenvalue weighted by atomic mass is 32.1. The Balaban J connectivity index is 2.06. The highest BCUT2D eigenvalue weighted by Gasteiger charge is 2.12. The predicted octanol–water partition coefficient (Wildman–Crippen LogP) is 4.72. The monoisotopic (exact) mass is 283 g/mol. The van der Waals surface area contributed by atoms with E-state index in [9.17, 15) is 0 Å². The summed E-state index contributed by atoms with van der Waals surface area (Å²) in [5.74, 6) is 0. The minimum absolute atomic E-state index is 0.406. The molecule has 0 amide bonds. The average molecular weight is 283 g/mol. The molecule has 1 heterocycles. The third-order valence-corrected chi connectivity index (χ3v) is 4.05. The van der Waals surface area contributed by atoms with Crippen molar-refractivity contribution in [3.63, 3.8) is 0 Å². The molecule has 1 aromatic rings. The first-order valence-corrected chi connectivity index (χ1v) is 8.72. The molecule has 0 aliphatic carbocycles. The minimum Gasteiger partial charge on any atom is -0.309 e. The zero-order valence-corrected chi connectivity index (χ0v) is 13.3. The predicted molar refractivity (Wildman–Crippen MR) is 83.6 cm³/mol. The second-order valence-electron chi connectivity index (χ2n) is 5.20. The van der Waals surface area contributed by atoms with E-state index in [0.29, 0.717) is 6.04 Å². The van der Waals surface area contributed by atoms with E-state index in [-0.39, 0.29) is 0 Å². The molecule has 0 fully saturated rings. The highest BCUT2D eigenvalue weighted by Crippen LogP contribution is 2.19. The van der Waals surface area contributed by atoms with Crippen LogP contribution in [0.2, 0.25) is 0 Å². The molecule has 0 spiro atoms. The van der Waals surface area contributed by atoms with Crippen molar-refractivity contribution in [2.45, 2.75) is 77.7 Å². The second kappa shape index (κ2) is 11.4. The third kappa shape index (κ3) is 7.63. The van der Waals surface area contributed by atoms with Crippen LogP contribution in [0.5, 0.6) is 0 Å². The fourth-order valence-electron chi connectivity index (χ4n) is 2.41. The lowest BCUT2D eigenvalue weighted by Gasteiger charge is -2.14. The summed E-state index contributed by atoms with van der Waals surface area (Å²) in [6, 6.07) is 0.406. The Labute approximate surface area is 122 Å². The van der Waals surface area contributed by atoms with Crippen LogP contribution in [0.3, 0.4) is 0 Å². The molecule has 0 aromatic carbocycles. The van der Waals surface area contributed by atoms with Crippen LogP contribution in [0.1, 0.15) is 83.4 Å². The maximum absolute atomic E-state index is 4.19. The summed E-state index contributed by atoms with van der Waals surface area (Å²) in [4.78, 5) is 0. The van der Waals surface area contributed by atoms with Gasteiger partial charge in [0, 0.05) is 5.38 Å². The van der Waals surface area contributed by atoms with Crippen molar-refractivity contribution >= 4 is 11.5 Å². The Morgan fingerprint density at radius 3 is 2.32 bits per heavy atom. The first-order chi connectivity index (χ1) is 9.38. The van der Waals surface area contributed by atoms with E-state index in [0.717, 1.165) is 12.2 Å². The number of aromatic nitrogens is 2. The van der Waals surface area contributed by atoms with Gasteiger partial charge in [-0.1, -0.05) is 69.7 Å². The number of nitrogens with one attached hydrogen (secondary N) is 1. The molecule has 0 saturated carbocycles. The van der Waals surface area contributed by atoms with Gasteiger partial charge in [0.25, 0.3) is 0 Å². The molecule has 1 N–H and O–H groups in total. The van der Waals surface area contributed by atoms with Crippen LogP contribution in [-0.4, -0.2) is 16.1 Å². The molecule has 1 aromatic heterocycles. The molecule has 4 heteroatoms. The van der Waals surface area contributed by atoms with Gasteiger partial charge in [-0.25, -0.2) is 0 Å². The van der Waals surface area contributed by atoms with Crippen LogP contribution in [0.25, 0.3) is 0 Å². The molecular weight excluding hydrogens is 254 g/mol. The van der Waals surface area contributed by atoms with Gasteiger partial charge in [0.2, 0.25) is 0 Å². The summed E-state index contributed by atoms with van der Waals surface area (Å²) in [7, 11) is 0. The maximum atomic E-state index is 4.19. The SMILES string of the molecule is CCCCCCCCCCC(NCC)c1csnn1. The summed E-state index contributed by atoms with van der Waals surface area (Å²) >= 11 is 1.45. The van der Waals surface area contributed by atoms with Gasteiger partial charge in [0.15, 0.2) is 0 Å². The molecule has 0 aliphatic heterocycles. The Morgan fingerprint density at radius 1 is 1.05 bits per heavy atom. The number of rotatable bonds is 12. The lowest BCUT2D eigenvalue weighted by molar-refractivity contribution is 0.466. The molecule has 0 bridgehead atoms. The Hall–Kier alpha value is -0.480. The van der Waals surface area contributed by atoms with Crippen LogP contribution in [0.4, 0.5) is 0 Å². The first-order valence-electron chi connectivity index (χ1n) is 7.88. The molecule has 1 atom stereocenters. The number of unbranched alkanes of at least 4 members (excludes halogenated alkanes) is 7. The minimum atomic E-state index is 0.406. The Kier molecular flexibility index (Phi) is 9.91. The van der Waals surface area contributed by atoms with Crippen molar-refractivity contribution < 1.29 is 0 Å². The molecular formula is C15H29N3S. The zero-order chi connectivity index (χ0) is 13.8. The van der Waals surface area contributed by atoms with Gasteiger partial charge < -0.3 is 5.32 Å². The Bertz CT molecular complexity index is 288. The van der Waals surface area contributed by atoms with Gasteiger partial charge in [-0.2, -0.15) is 0 Å². The van der Waals surface area contributed by atoms with Crippen molar-refractivity contribution in [1.29, 1.82) is 0 Å². The molecule has 0 aliphatic rings. The summed E-state index contributed by atoms with van der Waals surface area (Å²) in [5.41, 5.74) is 1.12. The van der Waals surface area contributed by atoms with Crippen molar-refractivity contribution in [3.8, 4) is 0 Å². The van der Waals surface area contributed by atoms with Crippen LogP contribution < -0.4 is 5.32 Å². The van der Waals surface area contributed by atoms with Gasteiger partial charge in [-0.05, 0) is 24.5 Å². The fourth-order valence-corrected chi connectivity index (χ4v) is 2.91. The highest BCUT2D eigenvalue weighted by molar-refractivity contribution is 7.03. The van der Waals surface area contributed by atoms with E-state index >= 15 is 0 Å². The third-order valence-electron chi connectivity index (χ3n) is 3.53. The van der Waals surface area contributed by atoms with E-state index in [1.54, 1.807) is 0 Å². The van der Waals surface area contributed by atoms with Crippen molar-refractivity contribution in [2.75, 3.05) is 6.54 Å². The van der Waals surface area contributed by atoms with Gasteiger partial charge in [-0.15, -0.1) is 5.10 Å². The number of hydrogen-bond acceptors (Lipinski definition) is 4. The molecule has 1 unspecified atom stereocenters. The van der Waals surface area contributed by atoms with Crippen molar-refractivity contribution in [2.24, 2.45) is 0 Å². The van der Waals surface area contributed by atoms with Crippen LogP contribution in [0, 0.1) is 0 Å². The molecule has 0 saturated heterocycles. The average Bonchev–Trinajstić information content (AvgIpc) is 2.94. The summed E-state index contributed by atoms with van der Waals surface area (Å²) in [6.07, 6.45) is 12.2. The van der Waals surface area contributed by atoms with E-state index in [2.05, 4.69) is 34.1 Å². The summed E-state index contributed by atoms with van der Waals surface area (Å²) < 4.78 is 3.96. The van der Waals surface area contributed by atoms with Crippen LogP contribution >= 0.6 is 11.5 Å². The number of hydrogen-bond donors (Lipinski definition) is 1. The quantitative estimate of drug-likeness (QED) is 0.564. The summed E-state index contributed by atoms with van der Waals surface area (Å²) in [6.45, 7) is 5.42. The lowest BCUT2D eigenvalue weighted by atomic mass is 10.0. The van der Waals surface area contributed by atoms with Crippen LogP contribution in [-0.2, 0) is 0 Å². The van der Waals surface area contributed by atoms with E-state index in [1.165, 1.54) is 69.3 Å². The van der Waals surface area contributed by atoms with Gasteiger partial charge in [-0.3, -0.25) is 0 Å². The molecule has 0 radical (unpaired) electrons. The standard InChI is InChI=1S/C15H29N3S/c1-3-5-6-7-8-9-10-11-12-14(16-4-2)15-13-19-18-17-15/h13-14,16H,3-12H2,1-2H3. The van der Waals surface area contributed by atoms with E-state index in [4.69, 9.17) is 0 Å². The molecule has 1 rings (SSSR count). The van der Waals surface area contributed by atoms with Gasteiger partial charge >= 0.3 is 0 Å². The molecule has 19 heavy (non-hydrogen) atoms. The van der Waals surface area contributed by atoms with Gasteiger partial charge in [0.05, 0.1) is 11.7 Å². The fraction of sp³-hybridized carbons (Fsp3) is 0.867. The second-order valence-corrected chi connectivity index (χ2v) is 5.81. The largest absolute Gasteiger partial charge is 0.309 e. The Morgan fingerprint density at radius 2 is 1.74 bits per heavy atom. The maximum Gasteiger partial charge on any atom is 0.0924 e. The van der Waals surface area contributed by atoms with E-state index in [1.807, 2.05) is 0 Å². The first kappa shape index (κ1) is 16.6. The van der Waals surface area contributed by atoms with Crippen molar-refractivity contribution in [3.05, 3.63) is 11.1 Å². The van der Waals surface area contributed by atoms with Crippen molar-refractivity contribution in [1.82, 2.24) is 14.9 Å². The lowest BCUT2D eigenvalue weighted by Crippen LogP contribution is -2.21. The topological polar surface area (TPSA) is 37.8 Å². The molecule has 110 valence electrons. The summed E-state index contributed by atoms with van der Waals surface area (Å²) in [5, 5.41) is 9.77. The van der Waals surface area contributed by atoms with Gasteiger partial charge in [0.1, 0.15) is 0 Å². The number of nitrogens with zero attached hydrogens (tertiary/aromatic N) is 2. The normalized spacial score (nSPS) is 12.7. The molecule has 3 nitrogen and oxygen atoms in total.